The lowest BCUT2D eigenvalue weighted by molar-refractivity contribution is -0.111. The molecule has 0 radical (unpaired) electrons. The molecule has 94 valence electrons. The molecule has 0 unspecified atom stereocenters. The number of thiazole rings is 1. The molecule has 0 aliphatic heterocycles. The lowest BCUT2D eigenvalue weighted by atomic mass is 10.1. The highest BCUT2D eigenvalue weighted by Crippen LogP contribution is 2.30. The van der Waals surface area contributed by atoms with Crippen molar-refractivity contribution in [2.45, 2.75) is 6.42 Å². The monoisotopic (exact) mass is 287 g/mol. The number of benzene rings is 2. The van der Waals surface area contributed by atoms with E-state index in [4.69, 9.17) is 11.6 Å². The fourth-order valence-corrected chi connectivity index (χ4v) is 3.13. The molecule has 1 aromatic heterocycles. The number of rotatable bonds is 3. The van der Waals surface area contributed by atoms with Crippen LogP contribution in [0.2, 0.25) is 0 Å². The standard InChI is InChI=1S/C15H10ClNOS/c16-14(18)9-10-6-7-12-13(8-10)19-15(17-12)11-4-2-1-3-5-11/h1-8H,9H2. The highest BCUT2D eigenvalue weighted by molar-refractivity contribution is 7.21. The van der Waals surface area contributed by atoms with Crippen LogP contribution in [0.15, 0.2) is 48.5 Å². The molecule has 0 saturated heterocycles. The van der Waals surface area contributed by atoms with Crippen molar-refractivity contribution in [2.75, 3.05) is 0 Å². The van der Waals surface area contributed by atoms with E-state index in [2.05, 4.69) is 4.98 Å². The van der Waals surface area contributed by atoms with Crippen LogP contribution in [0.1, 0.15) is 5.56 Å². The van der Waals surface area contributed by atoms with Gasteiger partial charge in [0, 0.05) is 12.0 Å². The van der Waals surface area contributed by atoms with Crippen molar-refractivity contribution in [1.29, 1.82) is 0 Å². The van der Waals surface area contributed by atoms with E-state index in [1.165, 1.54) is 0 Å². The third kappa shape index (κ3) is 2.67. The summed E-state index contributed by atoms with van der Waals surface area (Å²) in [6.07, 6.45) is 0.260. The number of hydrogen-bond acceptors (Lipinski definition) is 3. The number of carbonyl (C=O) groups excluding carboxylic acids is 1. The second-order valence-electron chi connectivity index (χ2n) is 4.22. The summed E-state index contributed by atoms with van der Waals surface area (Å²) < 4.78 is 1.08. The smallest absolute Gasteiger partial charge is 0.226 e. The Labute approximate surface area is 119 Å². The third-order valence-electron chi connectivity index (χ3n) is 2.82. The van der Waals surface area contributed by atoms with Gasteiger partial charge < -0.3 is 0 Å². The molecule has 0 bridgehead atoms. The van der Waals surface area contributed by atoms with Crippen LogP contribution in [0.5, 0.6) is 0 Å². The quantitative estimate of drug-likeness (QED) is 0.673. The van der Waals surface area contributed by atoms with Crippen molar-refractivity contribution in [3.8, 4) is 10.6 Å². The van der Waals surface area contributed by atoms with Gasteiger partial charge in [0.05, 0.1) is 10.2 Å². The Kier molecular flexibility index (Phi) is 3.32. The van der Waals surface area contributed by atoms with Crippen molar-refractivity contribution < 1.29 is 4.79 Å². The van der Waals surface area contributed by atoms with Gasteiger partial charge in [0.2, 0.25) is 5.24 Å². The molecule has 0 fully saturated rings. The van der Waals surface area contributed by atoms with Gasteiger partial charge in [0.15, 0.2) is 0 Å². The first-order chi connectivity index (χ1) is 9.22. The maximum atomic E-state index is 10.9. The average Bonchev–Trinajstić information content (AvgIpc) is 2.82. The molecule has 0 atom stereocenters. The van der Waals surface area contributed by atoms with Gasteiger partial charge in [-0.05, 0) is 29.3 Å². The van der Waals surface area contributed by atoms with E-state index in [1.807, 2.05) is 48.5 Å². The number of fused-ring (bicyclic) bond motifs is 1. The van der Waals surface area contributed by atoms with Crippen LogP contribution in [-0.4, -0.2) is 10.2 Å². The van der Waals surface area contributed by atoms with Gasteiger partial charge in [-0.15, -0.1) is 11.3 Å². The Morgan fingerprint density at radius 2 is 1.95 bits per heavy atom. The Balaban J connectivity index is 2.04. The zero-order valence-electron chi connectivity index (χ0n) is 9.97. The van der Waals surface area contributed by atoms with Gasteiger partial charge in [0.25, 0.3) is 0 Å². The molecule has 3 aromatic rings. The predicted octanol–water partition coefficient (Wildman–Crippen LogP) is 4.27. The molecule has 0 aliphatic carbocycles. The SMILES string of the molecule is O=C(Cl)Cc1ccc2nc(-c3ccccc3)sc2c1. The molecule has 2 aromatic carbocycles. The summed E-state index contributed by atoms with van der Waals surface area (Å²) in [7, 11) is 0. The zero-order chi connectivity index (χ0) is 13.2. The first kappa shape index (κ1) is 12.3. The molecule has 0 aliphatic rings. The summed E-state index contributed by atoms with van der Waals surface area (Å²) in [5.74, 6) is 0. The van der Waals surface area contributed by atoms with Gasteiger partial charge in [-0.1, -0.05) is 36.4 Å². The summed E-state index contributed by atoms with van der Waals surface area (Å²) in [4.78, 5) is 15.5. The topological polar surface area (TPSA) is 30.0 Å². The lowest BCUT2D eigenvalue weighted by Gasteiger charge is -1.95. The van der Waals surface area contributed by atoms with E-state index in [0.717, 1.165) is 26.4 Å². The zero-order valence-corrected chi connectivity index (χ0v) is 11.5. The molecule has 3 rings (SSSR count). The first-order valence-corrected chi connectivity index (χ1v) is 7.05. The van der Waals surface area contributed by atoms with E-state index >= 15 is 0 Å². The summed E-state index contributed by atoms with van der Waals surface area (Å²) in [6.45, 7) is 0. The number of halogens is 1. The highest BCUT2D eigenvalue weighted by atomic mass is 35.5. The number of hydrogen-bond donors (Lipinski definition) is 0. The van der Waals surface area contributed by atoms with E-state index in [1.54, 1.807) is 11.3 Å². The summed E-state index contributed by atoms with van der Waals surface area (Å²) >= 11 is 7.04. The molecule has 0 saturated carbocycles. The minimum atomic E-state index is -0.341. The molecule has 19 heavy (non-hydrogen) atoms. The molecule has 0 N–H and O–H groups in total. The Bertz CT molecular complexity index is 736. The second kappa shape index (κ2) is 5.11. The Morgan fingerprint density at radius 3 is 2.68 bits per heavy atom. The number of nitrogens with zero attached hydrogens (tertiary/aromatic N) is 1. The van der Waals surface area contributed by atoms with E-state index in [0.29, 0.717) is 0 Å². The minimum Gasteiger partial charge on any atom is -0.281 e. The second-order valence-corrected chi connectivity index (χ2v) is 5.67. The van der Waals surface area contributed by atoms with Crippen LogP contribution >= 0.6 is 22.9 Å². The van der Waals surface area contributed by atoms with Crippen LogP contribution in [0, 0.1) is 0 Å². The van der Waals surface area contributed by atoms with Gasteiger partial charge in [-0.25, -0.2) is 4.98 Å². The van der Waals surface area contributed by atoms with Crippen molar-refractivity contribution >= 4 is 38.4 Å². The molecule has 0 spiro atoms. The maximum absolute atomic E-state index is 10.9. The Morgan fingerprint density at radius 1 is 1.16 bits per heavy atom. The molecular weight excluding hydrogens is 278 g/mol. The van der Waals surface area contributed by atoms with Crippen LogP contribution in [-0.2, 0) is 11.2 Å². The predicted molar refractivity (Wildman–Crippen MR) is 79.6 cm³/mol. The fourth-order valence-electron chi connectivity index (χ4n) is 1.94. The van der Waals surface area contributed by atoms with E-state index in [9.17, 15) is 4.79 Å². The fraction of sp³-hybridized carbons (Fsp3) is 0.0667. The summed E-state index contributed by atoms with van der Waals surface area (Å²) in [5, 5.41) is 0.650. The van der Waals surface area contributed by atoms with E-state index in [-0.39, 0.29) is 11.7 Å². The van der Waals surface area contributed by atoms with Crippen molar-refractivity contribution in [2.24, 2.45) is 0 Å². The maximum Gasteiger partial charge on any atom is 0.226 e. The Hall–Kier alpha value is -1.71. The van der Waals surface area contributed by atoms with Crippen LogP contribution in [0.4, 0.5) is 0 Å². The highest BCUT2D eigenvalue weighted by Gasteiger charge is 2.07. The van der Waals surface area contributed by atoms with Crippen LogP contribution in [0.25, 0.3) is 20.8 Å². The van der Waals surface area contributed by atoms with Gasteiger partial charge in [-0.3, -0.25) is 4.79 Å². The van der Waals surface area contributed by atoms with Gasteiger partial charge in [0.1, 0.15) is 5.01 Å². The third-order valence-corrected chi connectivity index (χ3v) is 4.02. The molecule has 1 heterocycles. The summed E-state index contributed by atoms with van der Waals surface area (Å²) in [5.41, 5.74) is 2.99. The largest absolute Gasteiger partial charge is 0.281 e. The first-order valence-electron chi connectivity index (χ1n) is 5.85. The summed E-state index contributed by atoms with van der Waals surface area (Å²) in [6, 6.07) is 15.9. The van der Waals surface area contributed by atoms with Gasteiger partial charge >= 0.3 is 0 Å². The van der Waals surface area contributed by atoms with E-state index < -0.39 is 0 Å². The molecule has 4 heteroatoms. The van der Waals surface area contributed by atoms with Crippen molar-refractivity contribution in [3.05, 3.63) is 54.1 Å². The molecule has 2 nitrogen and oxygen atoms in total. The van der Waals surface area contributed by atoms with Crippen LogP contribution in [0.3, 0.4) is 0 Å². The average molecular weight is 288 g/mol. The lowest BCUT2D eigenvalue weighted by Crippen LogP contribution is -1.92. The minimum absolute atomic E-state index is 0.260. The number of carbonyl (C=O) groups is 1. The number of aromatic nitrogens is 1. The van der Waals surface area contributed by atoms with Gasteiger partial charge in [-0.2, -0.15) is 0 Å². The normalized spacial score (nSPS) is 10.8. The van der Waals surface area contributed by atoms with Crippen molar-refractivity contribution in [3.63, 3.8) is 0 Å². The van der Waals surface area contributed by atoms with Crippen molar-refractivity contribution in [1.82, 2.24) is 4.98 Å². The molecule has 0 amide bonds. The van der Waals surface area contributed by atoms with Crippen LogP contribution < -0.4 is 0 Å². The molecular formula is C15H10ClNOS.